The van der Waals surface area contributed by atoms with Crippen molar-refractivity contribution >= 4 is 54.8 Å². The van der Waals surface area contributed by atoms with E-state index in [1.807, 2.05) is 0 Å². The van der Waals surface area contributed by atoms with Gasteiger partial charge in [0.2, 0.25) is 0 Å². The van der Waals surface area contributed by atoms with Crippen molar-refractivity contribution in [1.29, 1.82) is 0 Å². The first-order valence-corrected chi connectivity index (χ1v) is 10.8. The first-order valence-electron chi connectivity index (χ1n) is 7.90. The average molecular weight is 448 g/mol. The number of para-hydroxylation sites is 2. The summed E-state index contributed by atoms with van der Waals surface area (Å²) in [7, 11) is -3.81. The fourth-order valence-electron chi connectivity index (χ4n) is 2.86. The van der Waals surface area contributed by atoms with E-state index in [4.69, 9.17) is 11.6 Å². The van der Waals surface area contributed by atoms with Gasteiger partial charge in [0.25, 0.3) is 0 Å². The van der Waals surface area contributed by atoms with Crippen molar-refractivity contribution in [2.24, 2.45) is 0 Å². The van der Waals surface area contributed by atoms with Crippen molar-refractivity contribution in [2.45, 2.75) is 19.3 Å². The van der Waals surface area contributed by atoms with Gasteiger partial charge in [-0.3, -0.25) is 4.31 Å². The van der Waals surface area contributed by atoms with Gasteiger partial charge in [-0.1, -0.05) is 46.1 Å². The van der Waals surface area contributed by atoms with Crippen LogP contribution in [0.1, 0.15) is 19.3 Å². The van der Waals surface area contributed by atoms with Crippen LogP contribution in [0.5, 0.6) is 0 Å². The molecule has 0 saturated carbocycles. The number of anilines is 3. The summed E-state index contributed by atoms with van der Waals surface area (Å²) in [5, 5.41) is 0.952. The molecule has 25 heavy (non-hydrogen) atoms. The van der Waals surface area contributed by atoms with E-state index in [0.29, 0.717) is 17.9 Å². The van der Waals surface area contributed by atoms with E-state index in [0.717, 1.165) is 30.7 Å². The third kappa shape index (κ3) is 3.50. The summed E-state index contributed by atoms with van der Waals surface area (Å²) >= 11 is 9.51. The molecule has 0 radical (unpaired) electrons. The maximum atomic E-state index is 13.4. The van der Waals surface area contributed by atoms with E-state index in [9.17, 15) is 12.8 Å². The van der Waals surface area contributed by atoms with Gasteiger partial charge in [-0.15, -0.1) is 0 Å². The van der Waals surface area contributed by atoms with Crippen LogP contribution >= 0.6 is 27.5 Å². The molecule has 8 heteroatoms. The molecule has 1 aliphatic rings. The lowest BCUT2D eigenvalue weighted by molar-refractivity contribution is 0.590. The number of benzene rings is 2. The Kier molecular flexibility index (Phi) is 5.55. The van der Waals surface area contributed by atoms with Crippen molar-refractivity contribution < 1.29 is 12.8 Å². The molecule has 0 fully saturated rings. The van der Waals surface area contributed by atoms with Gasteiger partial charge in [0.1, 0.15) is 5.82 Å². The molecule has 3 rings (SSSR count). The van der Waals surface area contributed by atoms with Gasteiger partial charge < -0.3 is 0 Å². The Morgan fingerprint density at radius 1 is 1.00 bits per heavy atom. The number of rotatable bonds is 6. The first-order chi connectivity index (χ1) is 12.0. The van der Waals surface area contributed by atoms with Crippen LogP contribution in [0.4, 0.5) is 21.5 Å². The number of hydrogen-bond acceptors (Lipinski definition) is 2. The van der Waals surface area contributed by atoms with Gasteiger partial charge in [-0.25, -0.2) is 8.70 Å². The second-order valence-corrected chi connectivity index (χ2v) is 8.58. The van der Waals surface area contributed by atoms with Crippen LogP contribution in [-0.2, 0) is 10.2 Å². The van der Waals surface area contributed by atoms with Crippen LogP contribution < -0.4 is 8.61 Å². The lowest BCUT2D eigenvalue weighted by atomic mass is 10.2. The summed E-state index contributed by atoms with van der Waals surface area (Å²) in [5.41, 5.74) is 1.39. The summed E-state index contributed by atoms with van der Waals surface area (Å²) in [4.78, 5) is 0. The Morgan fingerprint density at radius 2 is 1.72 bits per heavy atom. The first kappa shape index (κ1) is 18.5. The molecular formula is C17H17BrClFN2O2S. The molecule has 0 N–H and O–H groups in total. The van der Waals surface area contributed by atoms with Crippen LogP contribution in [0.25, 0.3) is 0 Å². The van der Waals surface area contributed by atoms with Gasteiger partial charge in [0.15, 0.2) is 0 Å². The minimum Gasteiger partial charge on any atom is -0.251 e. The summed E-state index contributed by atoms with van der Waals surface area (Å²) in [6, 6.07) is 10.8. The normalized spacial score (nSPS) is 15.5. The Morgan fingerprint density at radius 3 is 2.40 bits per heavy atom. The summed E-state index contributed by atoms with van der Waals surface area (Å²) < 4.78 is 42.2. The van der Waals surface area contributed by atoms with Gasteiger partial charge in [-0.05, 0) is 43.2 Å². The number of halogens is 3. The fourth-order valence-corrected chi connectivity index (χ4v) is 5.33. The molecule has 1 aliphatic heterocycles. The zero-order chi connectivity index (χ0) is 18.0. The third-order valence-corrected chi connectivity index (χ3v) is 6.66. The number of fused-ring (bicyclic) bond motifs is 1. The highest BCUT2D eigenvalue weighted by atomic mass is 79.9. The van der Waals surface area contributed by atoms with Gasteiger partial charge in [0, 0.05) is 11.9 Å². The molecule has 0 atom stereocenters. The molecular weight excluding hydrogens is 431 g/mol. The molecule has 4 nitrogen and oxygen atoms in total. The van der Waals surface area contributed by atoms with Crippen LogP contribution in [0.15, 0.2) is 42.5 Å². The Balaban J connectivity index is 2.02. The number of hydrogen-bond donors (Lipinski definition) is 0. The average Bonchev–Trinajstić information content (AvgIpc) is 2.79. The second kappa shape index (κ2) is 7.51. The molecule has 0 aliphatic carbocycles. The Hall–Kier alpha value is -1.31. The lowest BCUT2D eigenvalue weighted by Crippen LogP contribution is -2.36. The fraction of sp³-hybridized carbons (Fsp3) is 0.294. The molecule has 0 unspecified atom stereocenters. The Labute approximate surface area is 160 Å². The SMILES string of the molecule is O=S1(=O)N(CCCCCBr)c2ccccc2N1c1ccc(F)cc1Cl. The van der Waals surface area contributed by atoms with E-state index >= 15 is 0 Å². The summed E-state index contributed by atoms with van der Waals surface area (Å²) in [6.45, 7) is 0.391. The van der Waals surface area contributed by atoms with Crippen molar-refractivity contribution in [2.75, 3.05) is 20.5 Å². The largest absolute Gasteiger partial charge is 0.331 e. The van der Waals surface area contributed by atoms with E-state index in [2.05, 4.69) is 15.9 Å². The van der Waals surface area contributed by atoms with Gasteiger partial charge in [-0.2, -0.15) is 8.42 Å². The highest BCUT2D eigenvalue weighted by Crippen LogP contribution is 2.47. The van der Waals surface area contributed by atoms with Gasteiger partial charge >= 0.3 is 10.2 Å². The van der Waals surface area contributed by atoms with Crippen molar-refractivity contribution in [1.82, 2.24) is 0 Å². The minimum absolute atomic E-state index is 0.0551. The Bertz CT molecular complexity index is 879. The zero-order valence-corrected chi connectivity index (χ0v) is 16.5. The summed E-state index contributed by atoms with van der Waals surface area (Å²) in [5.74, 6) is -0.509. The number of unbranched alkanes of at least 4 members (excludes halogenated alkanes) is 2. The number of alkyl halides is 1. The topological polar surface area (TPSA) is 40.6 Å². The molecule has 1 heterocycles. The minimum atomic E-state index is -3.81. The monoisotopic (exact) mass is 446 g/mol. The molecule has 2 aromatic carbocycles. The van der Waals surface area contributed by atoms with E-state index < -0.39 is 16.0 Å². The van der Waals surface area contributed by atoms with E-state index in [-0.39, 0.29) is 10.7 Å². The zero-order valence-electron chi connectivity index (χ0n) is 13.3. The summed E-state index contributed by atoms with van der Waals surface area (Å²) in [6.07, 6.45) is 2.67. The van der Waals surface area contributed by atoms with Crippen molar-refractivity contribution in [3.05, 3.63) is 53.3 Å². The molecule has 0 saturated heterocycles. The van der Waals surface area contributed by atoms with Crippen molar-refractivity contribution in [3.8, 4) is 0 Å². The molecule has 134 valence electrons. The standard InChI is InChI=1S/C17H17BrClFN2O2S/c18-10-4-1-5-11-21-16-6-2-3-7-17(16)22(25(21,23)24)15-9-8-13(20)12-14(15)19/h2-3,6-9,12H,1,4-5,10-11H2. The molecule has 0 aromatic heterocycles. The van der Waals surface area contributed by atoms with Crippen LogP contribution in [0, 0.1) is 5.82 Å². The highest BCUT2D eigenvalue weighted by Gasteiger charge is 2.41. The second-order valence-electron chi connectivity index (χ2n) is 5.68. The molecule has 2 aromatic rings. The quantitative estimate of drug-likeness (QED) is 0.448. The van der Waals surface area contributed by atoms with Crippen molar-refractivity contribution in [3.63, 3.8) is 0 Å². The van der Waals surface area contributed by atoms with Crippen LogP contribution in [-0.4, -0.2) is 20.3 Å². The lowest BCUT2D eigenvalue weighted by Gasteiger charge is -2.22. The number of nitrogens with zero attached hydrogens (tertiary/aromatic N) is 2. The van der Waals surface area contributed by atoms with Crippen LogP contribution in [0.3, 0.4) is 0 Å². The van der Waals surface area contributed by atoms with Gasteiger partial charge in [0.05, 0.1) is 22.1 Å². The maximum absolute atomic E-state index is 13.4. The smallest absolute Gasteiger partial charge is 0.251 e. The predicted octanol–water partition coefficient (Wildman–Crippen LogP) is 5.25. The van der Waals surface area contributed by atoms with Crippen LogP contribution in [0.2, 0.25) is 5.02 Å². The third-order valence-electron chi connectivity index (χ3n) is 4.00. The highest BCUT2D eigenvalue weighted by molar-refractivity contribution is 9.09. The molecule has 0 spiro atoms. The maximum Gasteiger partial charge on any atom is 0.331 e. The van der Waals surface area contributed by atoms with E-state index in [1.165, 1.54) is 20.7 Å². The van der Waals surface area contributed by atoms with E-state index in [1.54, 1.807) is 24.3 Å². The molecule has 0 amide bonds. The predicted molar refractivity (Wildman–Crippen MR) is 104 cm³/mol. The molecule has 0 bridgehead atoms.